The van der Waals surface area contributed by atoms with Gasteiger partial charge in [0.1, 0.15) is 0 Å². The van der Waals surface area contributed by atoms with Gasteiger partial charge in [-0.3, -0.25) is 4.90 Å². The van der Waals surface area contributed by atoms with E-state index in [9.17, 15) is 0 Å². The first-order valence-electron chi connectivity index (χ1n) is 8.36. The molecule has 0 saturated carbocycles. The summed E-state index contributed by atoms with van der Waals surface area (Å²) < 4.78 is 16.9. The molecule has 0 bridgehead atoms. The van der Waals surface area contributed by atoms with Gasteiger partial charge in [-0.05, 0) is 30.4 Å². The minimum atomic E-state index is 0.335. The van der Waals surface area contributed by atoms with E-state index in [1.807, 2.05) is 12.1 Å². The Morgan fingerprint density at radius 3 is 2.75 bits per heavy atom. The molecule has 24 heavy (non-hydrogen) atoms. The summed E-state index contributed by atoms with van der Waals surface area (Å²) in [5.41, 5.74) is 1.14. The van der Waals surface area contributed by atoms with Crippen molar-refractivity contribution < 1.29 is 14.2 Å². The van der Waals surface area contributed by atoms with Gasteiger partial charge < -0.3 is 14.2 Å². The SMILES string of the molecule is COc1cccc(CN(Cc2cccs2)CC2CCCO2)c1OC. The van der Waals surface area contributed by atoms with Crippen LogP contribution in [-0.4, -0.2) is 38.4 Å². The Bertz CT molecular complexity index is 624. The number of hydrogen-bond acceptors (Lipinski definition) is 5. The fourth-order valence-corrected chi connectivity index (χ4v) is 3.95. The van der Waals surface area contributed by atoms with Gasteiger partial charge >= 0.3 is 0 Å². The van der Waals surface area contributed by atoms with Gasteiger partial charge in [0, 0.05) is 36.7 Å². The molecule has 1 aliphatic heterocycles. The van der Waals surface area contributed by atoms with E-state index in [1.54, 1.807) is 25.6 Å². The summed E-state index contributed by atoms with van der Waals surface area (Å²) in [5, 5.41) is 2.13. The van der Waals surface area contributed by atoms with Crippen molar-refractivity contribution in [1.82, 2.24) is 4.90 Å². The second-order valence-electron chi connectivity index (χ2n) is 6.04. The van der Waals surface area contributed by atoms with Crippen LogP contribution < -0.4 is 9.47 Å². The highest BCUT2D eigenvalue weighted by Gasteiger charge is 2.21. The largest absolute Gasteiger partial charge is 0.493 e. The Kier molecular flexibility index (Phi) is 6.12. The van der Waals surface area contributed by atoms with E-state index >= 15 is 0 Å². The molecular formula is C19H25NO3S. The first kappa shape index (κ1) is 17.3. The lowest BCUT2D eigenvalue weighted by Gasteiger charge is -2.26. The first-order valence-corrected chi connectivity index (χ1v) is 9.24. The Hall–Kier alpha value is -1.56. The van der Waals surface area contributed by atoms with Crippen molar-refractivity contribution in [3.63, 3.8) is 0 Å². The summed E-state index contributed by atoms with van der Waals surface area (Å²) in [7, 11) is 3.38. The number of ether oxygens (including phenoxy) is 3. The number of thiophene rings is 1. The molecule has 1 unspecified atom stereocenters. The highest BCUT2D eigenvalue weighted by molar-refractivity contribution is 7.09. The van der Waals surface area contributed by atoms with Crippen LogP contribution in [-0.2, 0) is 17.8 Å². The molecule has 0 N–H and O–H groups in total. The van der Waals surface area contributed by atoms with Crippen molar-refractivity contribution in [2.75, 3.05) is 27.4 Å². The van der Waals surface area contributed by atoms with Crippen LogP contribution in [0.1, 0.15) is 23.3 Å². The quantitative estimate of drug-likeness (QED) is 0.723. The molecule has 1 aliphatic rings. The van der Waals surface area contributed by atoms with Gasteiger partial charge in [0.05, 0.1) is 20.3 Å². The Labute approximate surface area is 148 Å². The smallest absolute Gasteiger partial charge is 0.165 e. The van der Waals surface area contributed by atoms with E-state index in [0.29, 0.717) is 6.10 Å². The molecule has 1 atom stereocenters. The third-order valence-corrected chi connectivity index (χ3v) is 5.18. The molecular weight excluding hydrogens is 322 g/mol. The third kappa shape index (κ3) is 4.29. The van der Waals surface area contributed by atoms with Gasteiger partial charge in [0.2, 0.25) is 0 Å². The summed E-state index contributed by atoms with van der Waals surface area (Å²) >= 11 is 1.80. The van der Waals surface area contributed by atoms with Gasteiger partial charge in [-0.1, -0.05) is 18.2 Å². The second kappa shape index (κ2) is 8.51. The number of rotatable bonds is 8. The number of methoxy groups -OCH3 is 2. The monoisotopic (exact) mass is 347 g/mol. The zero-order valence-corrected chi connectivity index (χ0v) is 15.2. The highest BCUT2D eigenvalue weighted by atomic mass is 32.1. The summed E-state index contributed by atoms with van der Waals surface area (Å²) in [6.45, 7) is 3.58. The predicted molar refractivity (Wildman–Crippen MR) is 97.0 cm³/mol. The fraction of sp³-hybridized carbons (Fsp3) is 0.474. The summed E-state index contributed by atoms with van der Waals surface area (Å²) in [6, 6.07) is 10.4. The standard InChI is InChI=1S/C19H25NO3S/c1-21-18-9-3-6-15(19(18)22-2)12-20(13-16-7-4-10-23-16)14-17-8-5-11-24-17/h3,5-6,8-9,11,16H,4,7,10,12-14H2,1-2H3. The van der Waals surface area contributed by atoms with Crippen molar-refractivity contribution in [3.05, 3.63) is 46.2 Å². The van der Waals surface area contributed by atoms with Gasteiger partial charge in [0.15, 0.2) is 11.5 Å². The van der Waals surface area contributed by atoms with E-state index in [4.69, 9.17) is 14.2 Å². The van der Waals surface area contributed by atoms with E-state index in [1.165, 1.54) is 11.3 Å². The average molecular weight is 347 g/mol. The molecule has 1 fully saturated rings. The van der Waals surface area contributed by atoms with E-state index in [2.05, 4.69) is 28.5 Å². The van der Waals surface area contributed by atoms with Crippen LogP contribution >= 0.6 is 11.3 Å². The Balaban J connectivity index is 1.77. The van der Waals surface area contributed by atoms with Crippen LogP contribution in [0.5, 0.6) is 11.5 Å². The minimum absolute atomic E-state index is 0.335. The van der Waals surface area contributed by atoms with Crippen LogP contribution in [0.4, 0.5) is 0 Å². The zero-order chi connectivity index (χ0) is 16.8. The van der Waals surface area contributed by atoms with Crippen molar-refractivity contribution in [2.45, 2.75) is 32.0 Å². The maximum absolute atomic E-state index is 5.85. The first-order chi connectivity index (χ1) is 11.8. The van der Waals surface area contributed by atoms with E-state index < -0.39 is 0 Å². The van der Waals surface area contributed by atoms with Crippen molar-refractivity contribution in [3.8, 4) is 11.5 Å². The van der Waals surface area contributed by atoms with Crippen LogP contribution in [0.2, 0.25) is 0 Å². The van der Waals surface area contributed by atoms with Crippen LogP contribution in [0.15, 0.2) is 35.7 Å². The molecule has 0 spiro atoms. The summed E-state index contributed by atoms with van der Waals surface area (Å²) in [5.74, 6) is 1.60. The third-order valence-electron chi connectivity index (χ3n) is 4.32. The number of nitrogens with zero attached hydrogens (tertiary/aromatic N) is 1. The predicted octanol–water partition coefficient (Wildman–Crippen LogP) is 3.95. The fourth-order valence-electron chi connectivity index (χ4n) is 3.20. The molecule has 3 rings (SSSR count). The number of hydrogen-bond donors (Lipinski definition) is 0. The Morgan fingerprint density at radius 1 is 1.17 bits per heavy atom. The lowest BCUT2D eigenvalue weighted by atomic mass is 10.1. The number of benzene rings is 1. The van der Waals surface area contributed by atoms with E-state index in [-0.39, 0.29) is 0 Å². The average Bonchev–Trinajstić information content (AvgIpc) is 3.28. The minimum Gasteiger partial charge on any atom is -0.493 e. The number of para-hydroxylation sites is 1. The van der Waals surface area contributed by atoms with Crippen molar-refractivity contribution in [2.24, 2.45) is 0 Å². The lowest BCUT2D eigenvalue weighted by Crippen LogP contribution is -2.31. The molecule has 0 amide bonds. The van der Waals surface area contributed by atoms with Gasteiger partial charge in [0.25, 0.3) is 0 Å². The zero-order valence-electron chi connectivity index (χ0n) is 14.4. The molecule has 0 radical (unpaired) electrons. The van der Waals surface area contributed by atoms with Crippen molar-refractivity contribution in [1.29, 1.82) is 0 Å². The normalized spacial score (nSPS) is 17.4. The molecule has 5 heteroatoms. The Morgan fingerprint density at radius 2 is 2.08 bits per heavy atom. The van der Waals surface area contributed by atoms with E-state index in [0.717, 1.165) is 49.7 Å². The molecule has 2 heterocycles. The second-order valence-corrected chi connectivity index (χ2v) is 7.07. The van der Waals surface area contributed by atoms with Crippen molar-refractivity contribution >= 4 is 11.3 Å². The van der Waals surface area contributed by atoms with Gasteiger partial charge in [-0.25, -0.2) is 0 Å². The molecule has 1 aromatic carbocycles. The van der Waals surface area contributed by atoms with Crippen LogP contribution in [0.25, 0.3) is 0 Å². The molecule has 1 aromatic heterocycles. The molecule has 130 valence electrons. The van der Waals surface area contributed by atoms with Gasteiger partial charge in [-0.2, -0.15) is 0 Å². The van der Waals surface area contributed by atoms with Crippen LogP contribution in [0.3, 0.4) is 0 Å². The lowest BCUT2D eigenvalue weighted by molar-refractivity contribution is 0.0679. The molecule has 1 saturated heterocycles. The molecule has 2 aromatic rings. The maximum atomic E-state index is 5.85. The maximum Gasteiger partial charge on any atom is 0.165 e. The molecule has 4 nitrogen and oxygen atoms in total. The topological polar surface area (TPSA) is 30.9 Å². The van der Waals surface area contributed by atoms with Crippen LogP contribution in [0, 0.1) is 0 Å². The highest BCUT2D eigenvalue weighted by Crippen LogP contribution is 2.32. The summed E-state index contributed by atoms with van der Waals surface area (Å²) in [6.07, 6.45) is 2.65. The summed E-state index contributed by atoms with van der Waals surface area (Å²) in [4.78, 5) is 3.81. The van der Waals surface area contributed by atoms with Gasteiger partial charge in [-0.15, -0.1) is 11.3 Å². The molecule has 0 aliphatic carbocycles.